The van der Waals surface area contributed by atoms with Crippen molar-refractivity contribution < 1.29 is 9.47 Å². The number of hydrogen-bond acceptors (Lipinski definition) is 2. The van der Waals surface area contributed by atoms with Gasteiger partial charge in [0.1, 0.15) is 0 Å². The Balaban J connectivity index is 1.70. The van der Waals surface area contributed by atoms with Crippen LogP contribution in [0.1, 0.15) is 28.7 Å². The SMILES string of the molecule is C[Si](C)(C)c1ccc([Si](C)(C)C)c2c1CCC2(COCc1ccccc1)COCc1ccccc1. The Bertz CT molecular complexity index is 1070. The minimum atomic E-state index is -1.56. The zero-order valence-electron chi connectivity index (χ0n) is 22.5. The van der Waals surface area contributed by atoms with Crippen LogP contribution in [0.4, 0.5) is 0 Å². The van der Waals surface area contributed by atoms with Crippen molar-refractivity contribution in [3.63, 3.8) is 0 Å². The number of rotatable bonds is 10. The third kappa shape index (κ3) is 6.05. The van der Waals surface area contributed by atoms with Crippen LogP contribution in [0, 0.1) is 0 Å². The molecule has 0 spiro atoms. The van der Waals surface area contributed by atoms with Crippen LogP contribution in [0.2, 0.25) is 39.3 Å². The van der Waals surface area contributed by atoms with Crippen molar-refractivity contribution in [1.82, 2.24) is 0 Å². The molecule has 0 saturated carbocycles. The largest absolute Gasteiger partial charge is 0.376 e. The van der Waals surface area contributed by atoms with E-state index < -0.39 is 16.1 Å². The molecule has 4 heteroatoms. The van der Waals surface area contributed by atoms with Gasteiger partial charge in [0.25, 0.3) is 0 Å². The molecular formula is C31H42O2Si2. The van der Waals surface area contributed by atoms with E-state index in [0.29, 0.717) is 26.4 Å². The summed E-state index contributed by atoms with van der Waals surface area (Å²) < 4.78 is 13.0. The molecule has 0 heterocycles. The van der Waals surface area contributed by atoms with E-state index in [4.69, 9.17) is 9.47 Å². The molecule has 2 nitrogen and oxygen atoms in total. The highest BCUT2D eigenvalue weighted by Gasteiger charge is 2.45. The predicted molar refractivity (Wildman–Crippen MR) is 155 cm³/mol. The monoisotopic (exact) mass is 502 g/mol. The second-order valence-corrected chi connectivity index (χ2v) is 22.3. The molecular weight excluding hydrogens is 461 g/mol. The van der Waals surface area contributed by atoms with Crippen LogP contribution in [-0.2, 0) is 34.5 Å². The quantitative estimate of drug-likeness (QED) is 0.299. The fourth-order valence-electron chi connectivity index (χ4n) is 5.54. The van der Waals surface area contributed by atoms with Crippen LogP contribution in [0.5, 0.6) is 0 Å². The molecule has 1 aliphatic rings. The first kappa shape index (κ1) is 26.1. The van der Waals surface area contributed by atoms with Crippen LogP contribution < -0.4 is 10.4 Å². The molecule has 0 amide bonds. The third-order valence-electron chi connectivity index (χ3n) is 7.29. The summed E-state index contributed by atoms with van der Waals surface area (Å²) in [4.78, 5) is 0. The number of benzene rings is 3. The second-order valence-electron chi connectivity index (χ2n) is 12.3. The van der Waals surface area contributed by atoms with Gasteiger partial charge in [-0.05, 0) is 35.1 Å². The first-order valence-electron chi connectivity index (χ1n) is 13.0. The highest BCUT2D eigenvalue weighted by atomic mass is 28.3. The smallest absolute Gasteiger partial charge is 0.0780 e. The van der Waals surface area contributed by atoms with E-state index in [1.807, 2.05) is 0 Å². The molecule has 4 rings (SSSR count). The number of fused-ring (bicyclic) bond motifs is 1. The van der Waals surface area contributed by atoms with Gasteiger partial charge < -0.3 is 9.47 Å². The fraction of sp³-hybridized carbons (Fsp3) is 0.419. The van der Waals surface area contributed by atoms with Crippen molar-refractivity contribution in [3.8, 4) is 0 Å². The molecule has 1 aliphatic carbocycles. The average Bonchev–Trinajstić information content (AvgIpc) is 3.18. The molecule has 0 aromatic heterocycles. The minimum Gasteiger partial charge on any atom is -0.376 e. The minimum absolute atomic E-state index is 0.0931. The second kappa shape index (κ2) is 10.6. The van der Waals surface area contributed by atoms with E-state index in [0.717, 1.165) is 12.8 Å². The molecule has 35 heavy (non-hydrogen) atoms. The Morgan fingerprint density at radius 1 is 0.629 bits per heavy atom. The van der Waals surface area contributed by atoms with Crippen molar-refractivity contribution in [1.29, 1.82) is 0 Å². The Hall–Kier alpha value is -1.99. The highest BCUT2D eigenvalue weighted by Crippen LogP contribution is 2.40. The highest BCUT2D eigenvalue weighted by molar-refractivity contribution is 6.90. The first-order chi connectivity index (χ1) is 16.6. The molecule has 3 aromatic rings. The van der Waals surface area contributed by atoms with Crippen LogP contribution in [0.3, 0.4) is 0 Å². The molecule has 0 unspecified atom stereocenters. The molecule has 0 atom stereocenters. The van der Waals surface area contributed by atoms with Crippen molar-refractivity contribution in [2.75, 3.05) is 13.2 Å². The van der Waals surface area contributed by atoms with E-state index in [-0.39, 0.29) is 5.41 Å². The number of ether oxygens (including phenoxy) is 2. The normalized spacial score (nSPS) is 15.3. The maximum atomic E-state index is 6.51. The van der Waals surface area contributed by atoms with Gasteiger partial charge in [0, 0.05) is 5.41 Å². The Labute approximate surface area is 214 Å². The molecule has 0 bridgehead atoms. The van der Waals surface area contributed by atoms with Gasteiger partial charge in [0.2, 0.25) is 0 Å². The molecule has 0 aliphatic heterocycles. The summed E-state index contributed by atoms with van der Waals surface area (Å²) in [6.45, 7) is 17.6. The molecule has 0 N–H and O–H groups in total. The molecule has 0 saturated heterocycles. The van der Waals surface area contributed by atoms with E-state index in [1.165, 1.54) is 11.1 Å². The summed E-state index contributed by atoms with van der Waals surface area (Å²) in [6, 6.07) is 26.0. The molecule has 186 valence electrons. The lowest BCUT2D eigenvalue weighted by molar-refractivity contribution is 0.00777. The van der Waals surface area contributed by atoms with Gasteiger partial charge in [-0.2, -0.15) is 0 Å². The predicted octanol–water partition coefficient (Wildman–Crippen LogP) is 6.39. The van der Waals surface area contributed by atoms with Crippen LogP contribution in [-0.4, -0.2) is 29.4 Å². The molecule has 0 fully saturated rings. The summed E-state index contributed by atoms with van der Waals surface area (Å²) in [5.74, 6) is 0. The van der Waals surface area contributed by atoms with Gasteiger partial charge in [-0.1, -0.05) is 122 Å². The molecule has 3 aromatic carbocycles. The lowest BCUT2D eigenvalue weighted by atomic mass is 9.83. The summed E-state index contributed by atoms with van der Waals surface area (Å²) in [5.41, 5.74) is 5.57. The Kier molecular flexibility index (Phi) is 7.87. The summed E-state index contributed by atoms with van der Waals surface area (Å²) in [6.07, 6.45) is 2.24. The van der Waals surface area contributed by atoms with Gasteiger partial charge in [-0.25, -0.2) is 0 Å². The first-order valence-corrected chi connectivity index (χ1v) is 20.0. The van der Waals surface area contributed by atoms with Crippen molar-refractivity contribution in [3.05, 3.63) is 95.1 Å². The van der Waals surface area contributed by atoms with Crippen LogP contribution in [0.25, 0.3) is 0 Å². The lowest BCUT2D eigenvalue weighted by Crippen LogP contribution is -2.50. The standard InChI is InChI=1S/C31H42O2Si2/c1-34(2,3)28-17-18-29(35(4,5)6)30-27(28)19-20-31(30,23-32-21-25-13-9-7-10-14-25)24-33-22-26-15-11-8-12-16-26/h7-18H,19-24H2,1-6H3. The van der Waals surface area contributed by atoms with Crippen LogP contribution in [0.15, 0.2) is 72.8 Å². The lowest BCUT2D eigenvalue weighted by Gasteiger charge is -2.36. The Morgan fingerprint density at radius 2 is 1.09 bits per heavy atom. The van der Waals surface area contributed by atoms with Crippen molar-refractivity contribution >= 4 is 26.5 Å². The van der Waals surface area contributed by atoms with Crippen LogP contribution >= 0.6 is 0 Å². The van der Waals surface area contributed by atoms with Crippen molar-refractivity contribution in [2.24, 2.45) is 0 Å². The van der Waals surface area contributed by atoms with Gasteiger partial charge in [0.05, 0.1) is 42.6 Å². The van der Waals surface area contributed by atoms with Gasteiger partial charge in [0.15, 0.2) is 0 Å². The summed E-state index contributed by atoms with van der Waals surface area (Å²) >= 11 is 0. The zero-order chi connectivity index (χ0) is 25.1. The Morgan fingerprint density at radius 3 is 1.54 bits per heavy atom. The number of hydrogen-bond donors (Lipinski definition) is 0. The van der Waals surface area contributed by atoms with E-state index in [9.17, 15) is 0 Å². The maximum absolute atomic E-state index is 6.51. The summed E-state index contributed by atoms with van der Waals surface area (Å²) in [5, 5.41) is 3.22. The third-order valence-corrected chi connectivity index (χ3v) is 11.4. The fourth-order valence-corrected chi connectivity index (χ4v) is 9.03. The van der Waals surface area contributed by atoms with E-state index >= 15 is 0 Å². The maximum Gasteiger partial charge on any atom is 0.0780 e. The van der Waals surface area contributed by atoms with Gasteiger partial charge in [-0.15, -0.1) is 0 Å². The van der Waals surface area contributed by atoms with Crippen molar-refractivity contribution in [2.45, 2.75) is 70.8 Å². The molecule has 0 radical (unpaired) electrons. The van der Waals surface area contributed by atoms with Gasteiger partial charge in [-0.3, -0.25) is 0 Å². The van der Waals surface area contributed by atoms with E-state index in [2.05, 4.69) is 112 Å². The van der Waals surface area contributed by atoms with Gasteiger partial charge >= 0.3 is 0 Å². The average molecular weight is 503 g/mol. The zero-order valence-corrected chi connectivity index (χ0v) is 24.5. The topological polar surface area (TPSA) is 18.5 Å². The summed E-state index contributed by atoms with van der Waals surface area (Å²) in [7, 11) is -3.03. The van der Waals surface area contributed by atoms with E-state index in [1.54, 1.807) is 21.5 Å².